The molecule has 0 aliphatic carbocycles. The van der Waals surface area contributed by atoms with Gasteiger partial charge in [0.25, 0.3) is 0 Å². The molecule has 6 nitrogen and oxygen atoms in total. The van der Waals surface area contributed by atoms with Crippen LogP contribution in [0.25, 0.3) is 22.2 Å². The van der Waals surface area contributed by atoms with Crippen molar-refractivity contribution in [3.8, 4) is 11.3 Å². The average molecular weight is 499 g/mol. The minimum atomic E-state index is -0.294. The molecule has 0 spiro atoms. The highest BCUT2D eigenvalue weighted by Gasteiger charge is 2.21. The van der Waals surface area contributed by atoms with Crippen LogP contribution in [0, 0.1) is 5.82 Å². The molecule has 2 N–H and O–H groups in total. The van der Waals surface area contributed by atoms with Crippen molar-refractivity contribution < 1.29 is 14.0 Å². The van der Waals surface area contributed by atoms with Crippen LogP contribution >= 0.6 is 0 Å². The van der Waals surface area contributed by atoms with Gasteiger partial charge in [-0.2, -0.15) is 0 Å². The maximum Gasteiger partial charge on any atom is 0.220 e. The number of aromatic nitrogens is 1. The van der Waals surface area contributed by atoms with Crippen LogP contribution in [0.4, 0.5) is 10.1 Å². The molecule has 37 heavy (non-hydrogen) atoms. The zero-order valence-corrected chi connectivity index (χ0v) is 21.0. The molecule has 1 fully saturated rings. The molecule has 5 rings (SSSR count). The van der Waals surface area contributed by atoms with Gasteiger partial charge in [0, 0.05) is 68.4 Å². The number of anilines is 1. The van der Waals surface area contributed by atoms with Crippen molar-refractivity contribution >= 4 is 28.4 Å². The van der Waals surface area contributed by atoms with E-state index in [1.165, 1.54) is 12.1 Å². The number of para-hydroxylation sites is 1. The number of amides is 2. The second-order valence-corrected chi connectivity index (χ2v) is 9.43. The highest BCUT2D eigenvalue weighted by Crippen LogP contribution is 2.32. The van der Waals surface area contributed by atoms with E-state index in [1.54, 1.807) is 13.0 Å². The number of H-pyrrole nitrogens is 1. The van der Waals surface area contributed by atoms with Crippen molar-refractivity contribution in [2.24, 2.45) is 0 Å². The van der Waals surface area contributed by atoms with Crippen LogP contribution in [0.1, 0.15) is 24.5 Å². The van der Waals surface area contributed by atoms with E-state index in [0.29, 0.717) is 32.5 Å². The van der Waals surface area contributed by atoms with Crippen LogP contribution in [0.2, 0.25) is 0 Å². The van der Waals surface area contributed by atoms with Gasteiger partial charge in [-0.1, -0.05) is 48.5 Å². The Morgan fingerprint density at radius 1 is 0.946 bits per heavy atom. The molecule has 3 aromatic carbocycles. The Morgan fingerprint density at radius 3 is 2.43 bits per heavy atom. The lowest BCUT2D eigenvalue weighted by Crippen LogP contribution is -2.48. The lowest BCUT2D eigenvalue weighted by molar-refractivity contribution is -0.129. The summed E-state index contributed by atoms with van der Waals surface area (Å²) >= 11 is 0. The molecule has 1 saturated heterocycles. The summed E-state index contributed by atoms with van der Waals surface area (Å²) < 4.78 is 14.1. The van der Waals surface area contributed by atoms with E-state index in [9.17, 15) is 14.0 Å². The number of nitrogens with one attached hydrogen (secondary N) is 2. The van der Waals surface area contributed by atoms with E-state index in [-0.39, 0.29) is 17.6 Å². The summed E-state index contributed by atoms with van der Waals surface area (Å²) in [6.07, 6.45) is 0.789. The van der Waals surface area contributed by atoms with E-state index in [4.69, 9.17) is 0 Å². The summed E-state index contributed by atoms with van der Waals surface area (Å²) in [4.78, 5) is 32.1. The summed E-state index contributed by atoms with van der Waals surface area (Å²) in [5.41, 5.74) is 5.86. The molecular weight excluding hydrogens is 467 g/mol. The predicted molar refractivity (Wildman–Crippen MR) is 145 cm³/mol. The average Bonchev–Trinajstić information content (AvgIpc) is 3.29. The SMILES string of the molecule is CC(=O)N1CCN(c2ccccc2CNC(=O)CCc2c(-c3ccccc3)[nH]c3ccc(F)cc23)CC1. The number of carbonyl (C=O) groups is 2. The smallest absolute Gasteiger partial charge is 0.220 e. The molecule has 4 aromatic rings. The Hall–Kier alpha value is -4.13. The van der Waals surface area contributed by atoms with Crippen LogP contribution in [0.3, 0.4) is 0 Å². The standard InChI is InChI=1S/C30H31FN4O2/c1-21(36)34-15-17-35(18-16-34)28-10-6-5-9-23(28)20-32-29(37)14-12-25-26-19-24(31)11-13-27(26)33-30(25)22-7-3-2-4-8-22/h2-11,13,19,33H,12,14-18,20H2,1H3,(H,32,37). The summed E-state index contributed by atoms with van der Waals surface area (Å²) in [6.45, 7) is 4.97. The maximum absolute atomic E-state index is 14.1. The molecule has 1 aliphatic rings. The number of rotatable bonds is 7. The molecular formula is C30H31FN4O2. The summed E-state index contributed by atoms with van der Waals surface area (Å²) in [6, 6.07) is 22.7. The van der Waals surface area contributed by atoms with Crippen molar-refractivity contribution in [3.63, 3.8) is 0 Å². The van der Waals surface area contributed by atoms with Gasteiger partial charge < -0.3 is 20.1 Å². The number of halogens is 1. The Labute approximate surface area is 216 Å². The third kappa shape index (κ3) is 5.50. The molecule has 0 unspecified atom stereocenters. The van der Waals surface area contributed by atoms with Gasteiger partial charge in [0.15, 0.2) is 0 Å². The lowest BCUT2D eigenvalue weighted by atomic mass is 10.0. The van der Waals surface area contributed by atoms with Gasteiger partial charge >= 0.3 is 0 Å². The van der Waals surface area contributed by atoms with E-state index in [2.05, 4.69) is 21.3 Å². The fourth-order valence-corrected chi connectivity index (χ4v) is 5.08. The number of hydrogen-bond acceptors (Lipinski definition) is 3. The molecule has 190 valence electrons. The second kappa shape index (κ2) is 10.9. The van der Waals surface area contributed by atoms with Gasteiger partial charge in [-0.15, -0.1) is 0 Å². The van der Waals surface area contributed by atoms with Crippen molar-refractivity contribution in [1.82, 2.24) is 15.2 Å². The highest BCUT2D eigenvalue weighted by atomic mass is 19.1. The van der Waals surface area contributed by atoms with Gasteiger partial charge in [-0.3, -0.25) is 9.59 Å². The van der Waals surface area contributed by atoms with Gasteiger partial charge in [0.2, 0.25) is 11.8 Å². The summed E-state index contributed by atoms with van der Waals surface area (Å²) in [5, 5.41) is 3.88. The van der Waals surface area contributed by atoms with Crippen molar-refractivity contribution in [2.45, 2.75) is 26.3 Å². The molecule has 1 aliphatic heterocycles. The molecule has 2 heterocycles. The lowest BCUT2D eigenvalue weighted by Gasteiger charge is -2.36. The topological polar surface area (TPSA) is 68.4 Å². The fraction of sp³-hybridized carbons (Fsp3) is 0.267. The summed E-state index contributed by atoms with van der Waals surface area (Å²) in [7, 11) is 0. The van der Waals surface area contributed by atoms with Crippen molar-refractivity contribution in [2.75, 3.05) is 31.1 Å². The Bertz CT molecular complexity index is 1410. The largest absolute Gasteiger partial charge is 0.368 e. The van der Waals surface area contributed by atoms with E-state index in [1.807, 2.05) is 53.4 Å². The minimum Gasteiger partial charge on any atom is -0.368 e. The van der Waals surface area contributed by atoms with Crippen LogP contribution in [-0.4, -0.2) is 47.9 Å². The second-order valence-electron chi connectivity index (χ2n) is 9.43. The van der Waals surface area contributed by atoms with Gasteiger partial charge in [0.05, 0.1) is 0 Å². The monoisotopic (exact) mass is 498 g/mol. The number of piperazine rings is 1. The Kier molecular flexibility index (Phi) is 7.21. The minimum absolute atomic E-state index is 0.0547. The van der Waals surface area contributed by atoms with Crippen molar-refractivity contribution in [1.29, 1.82) is 0 Å². The molecule has 0 radical (unpaired) electrons. The quantitative estimate of drug-likeness (QED) is 0.381. The number of aromatic amines is 1. The molecule has 0 bridgehead atoms. The van der Waals surface area contributed by atoms with E-state index >= 15 is 0 Å². The number of aryl methyl sites for hydroxylation is 1. The van der Waals surface area contributed by atoms with Crippen LogP contribution < -0.4 is 10.2 Å². The number of hydrogen-bond donors (Lipinski definition) is 2. The van der Waals surface area contributed by atoms with Crippen LogP contribution in [0.15, 0.2) is 72.8 Å². The number of benzene rings is 3. The maximum atomic E-state index is 14.1. The van der Waals surface area contributed by atoms with Gasteiger partial charge in [-0.05, 0) is 47.4 Å². The first-order valence-corrected chi connectivity index (χ1v) is 12.7. The van der Waals surface area contributed by atoms with Gasteiger partial charge in [0.1, 0.15) is 5.82 Å². The van der Waals surface area contributed by atoms with E-state index in [0.717, 1.165) is 52.1 Å². The zero-order chi connectivity index (χ0) is 25.8. The first-order valence-electron chi connectivity index (χ1n) is 12.7. The molecule has 0 atom stereocenters. The zero-order valence-electron chi connectivity index (χ0n) is 21.0. The van der Waals surface area contributed by atoms with Gasteiger partial charge in [-0.25, -0.2) is 4.39 Å². The third-order valence-corrected chi connectivity index (χ3v) is 7.07. The number of nitrogens with zero attached hydrogens (tertiary/aromatic N) is 2. The summed E-state index contributed by atoms with van der Waals surface area (Å²) in [5.74, 6) is -0.243. The van der Waals surface area contributed by atoms with E-state index < -0.39 is 0 Å². The van der Waals surface area contributed by atoms with Crippen molar-refractivity contribution in [3.05, 3.63) is 89.7 Å². The Morgan fingerprint density at radius 2 is 1.68 bits per heavy atom. The fourth-order valence-electron chi connectivity index (χ4n) is 5.08. The predicted octanol–water partition coefficient (Wildman–Crippen LogP) is 4.89. The number of fused-ring (bicyclic) bond motifs is 1. The molecule has 1 aromatic heterocycles. The molecule has 0 saturated carbocycles. The normalized spacial score (nSPS) is 13.7. The molecule has 7 heteroatoms. The Balaban J connectivity index is 1.26. The van der Waals surface area contributed by atoms with Crippen LogP contribution in [0.5, 0.6) is 0 Å². The first-order chi connectivity index (χ1) is 18.0. The molecule has 2 amide bonds. The third-order valence-electron chi connectivity index (χ3n) is 7.07. The van der Waals surface area contributed by atoms with Crippen LogP contribution in [-0.2, 0) is 22.6 Å². The number of carbonyl (C=O) groups excluding carboxylic acids is 2. The first kappa shape index (κ1) is 24.6. The highest BCUT2D eigenvalue weighted by molar-refractivity contribution is 5.91.